The molecule has 2 aromatic rings. The SMILES string of the molecule is Cc1ccn(C(C)C(=O)Nc2cc(N)ccc2C)n1. The lowest BCUT2D eigenvalue weighted by atomic mass is 10.1. The number of amides is 1. The van der Waals surface area contributed by atoms with Gasteiger partial charge < -0.3 is 11.1 Å². The summed E-state index contributed by atoms with van der Waals surface area (Å²) in [5.41, 5.74) is 8.96. The lowest BCUT2D eigenvalue weighted by Crippen LogP contribution is -2.24. The van der Waals surface area contributed by atoms with Gasteiger partial charge in [-0.2, -0.15) is 5.10 Å². The number of carbonyl (C=O) groups is 1. The normalized spacial score (nSPS) is 12.2. The van der Waals surface area contributed by atoms with Gasteiger partial charge in [0.2, 0.25) is 5.91 Å². The molecular weight excluding hydrogens is 240 g/mol. The zero-order valence-electron chi connectivity index (χ0n) is 11.3. The fourth-order valence-electron chi connectivity index (χ4n) is 1.78. The average Bonchev–Trinajstić information content (AvgIpc) is 2.79. The van der Waals surface area contributed by atoms with Crippen LogP contribution in [0.3, 0.4) is 0 Å². The van der Waals surface area contributed by atoms with E-state index in [0.717, 1.165) is 16.9 Å². The molecule has 1 heterocycles. The third-order valence-corrected chi connectivity index (χ3v) is 3.04. The van der Waals surface area contributed by atoms with Gasteiger partial charge in [0.1, 0.15) is 6.04 Å². The monoisotopic (exact) mass is 258 g/mol. The van der Waals surface area contributed by atoms with Crippen LogP contribution in [-0.4, -0.2) is 15.7 Å². The van der Waals surface area contributed by atoms with Crippen LogP contribution in [0, 0.1) is 13.8 Å². The van der Waals surface area contributed by atoms with Crippen molar-refractivity contribution in [3.05, 3.63) is 41.7 Å². The van der Waals surface area contributed by atoms with E-state index in [1.807, 2.05) is 39.0 Å². The van der Waals surface area contributed by atoms with Crippen molar-refractivity contribution in [2.24, 2.45) is 0 Å². The molecule has 5 heteroatoms. The number of anilines is 2. The number of nitrogens with two attached hydrogens (primary N) is 1. The summed E-state index contributed by atoms with van der Waals surface area (Å²) in [6.07, 6.45) is 1.80. The lowest BCUT2D eigenvalue weighted by Gasteiger charge is -2.14. The van der Waals surface area contributed by atoms with E-state index in [1.165, 1.54) is 0 Å². The molecule has 1 aromatic carbocycles. The van der Waals surface area contributed by atoms with Gasteiger partial charge in [0, 0.05) is 17.6 Å². The van der Waals surface area contributed by atoms with Gasteiger partial charge >= 0.3 is 0 Å². The third-order valence-electron chi connectivity index (χ3n) is 3.04. The summed E-state index contributed by atoms with van der Waals surface area (Å²) >= 11 is 0. The third kappa shape index (κ3) is 2.93. The van der Waals surface area contributed by atoms with Gasteiger partial charge in [0.25, 0.3) is 0 Å². The Bertz CT molecular complexity index is 603. The Morgan fingerprint density at radius 1 is 1.37 bits per heavy atom. The first-order valence-electron chi connectivity index (χ1n) is 6.16. The summed E-state index contributed by atoms with van der Waals surface area (Å²) in [6, 6.07) is 6.96. The van der Waals surface area contributed by atoms with Crippen LogP contribution in [0.4, 0.5) is 11.4 Å². The van der Waals surface area contributed by atoms with Crippen molar-refractivity contribution in [1.82, 2.24) is 9.78 Å². The van der Waals surface area contributed by atoms with E-state index in [2.05, 4.69) is 10.4 Å². The molecule has 0 fully saturated rings. The Morgan fingerprint density at radius 3 is 2.74 bits per heavy atom. The predicted octanol–water partition coefficient (Wildman–Crippen LogP) is 2.28. The molecule has 0 spiro atoms. The molecule has 2 rings (SSSR count). The number of hydrogen-bond donors (Lipinski definition) is 2. The quantitative estimate of drug-likeness (QED) is 0.829. The van der Waals surface area contributed by atoms with Gasteiger partial charge in [-0.15, -0.1) is 0 Å². The highest BCUT2D eigenvalue weighted by molar-refractivity contribution is 5.94. The summed E-state index contributed by atoms with van der Waals surface area (Å²) in [5.74, 6) is -0.114. The maximum atomic E-state index is 12.2. The first-order valence-corrected chi connectivity index (χ1v) is 6.16. The zero-order valence-corrected chi connectivity index (χ0v) is 11.3. The molecule has 0 radical (unpaired) electrons. The van der Waals surface area contributed by atoms with E-state index in [1.54, 1.807) is 16.9 Å². The molecule has 19 heavy (non-hydrogen) atoms. The van der Waals surface area contributed by atoms with Gasteiger partial charge in [0.05, 0.1) is 5.69 Å². The maximum Gasteiger partial charge on any atom is 0.248 e. The standard InChI is InChI=1S/C14H18N4O/c1-9-4-5-12(15)8-13(9)16-14(19)11(3)18-7-6-10(2)17-18/h4-8,11H,15H2,1-3H3,(H,16,19). The van der Waals surface area contributed by atoms with Gasteiger partial charge in [-0.25, -0.2) is 0 Å². The molecule has 1 amide bonds. The largest absolute Gasteiger partial charge is 0.399 e. The zero-order chi connectivity index (χ0) is 14.0. The summed E-state index contributed by atoms with van der Waals surface area (Å²) in [7, 11) is 0. The van der Waals surface area contributed by atoms with E-state index >= 15 is 0 Å². The van der Waals surface area contributed by atoms with Crippen LogP contribution < -0.4 is 11.1 Å². The van der Waals surface area contributed by atoms with Crippen LogP contribution in [0.1, 0.15) is 24.2 Å². The second-order valence-corrected chi connectivity index (χ2v) is 4.68. The molecule has 1 aromatic heterocycles. The van der Waals surface area contributed by atoms with E-state index in [9.17, 15) is 4.79 Å². The first kappa shape index (κ1) is 13.1. The fraction of sp³-hybridized carbons (Fsp3) is 0.286. The van der Waals surface area contributed by atoms with Crippen LogP contribution in [0.15, 0.2) is 30.5 Å². The average molecular weight is 258 g/mol. The Labute approximate surface area is 112 Å². The summed E-state index contributed by atoms with van der Waals surface area (Å²) in [6.45, 7) is 5.63. The minimum atomic E-state index is -0.366. The minimum Gasteiger partial charge on any atom is -0.399 e. The second-order valence-electron chi connectivity index (χ2n) is 4.68. The number of nitrogens with zero attached hydrogens (tertiary/aromatic N) is 2. The number of benzene rings is 1. The van der Waals surface area contributed by atoms with Gasteiger partial charge in [-0.3, -0.25) is 9.48 Å². The van der Waals surface area contributed by atoms with Crippen LogP contribution >= 0.6 is 0 Å². The molecule has 0 saturated carbocycles. The van der Waals surface area contributed by atoms with Crippen molar-refractivity contribution in [3.63, 3.8) is 0 Å². The number of hydrogen-bond acceptors (Lipinski definition) is 3. The molecule has 3 N–H and O–H groups in total. The van der Waals surface area contributed by atoms with Gasteiger partial charge in [-0.1, -0.05) is 6.07 Å². The van der Waals surface area contributed by atoms with Crippen LogP contribution in [0.5, 0.6) is 0 Å². The Morgan fingerprint density at radius 2 is 2.11 bits per heavy atom. The van der Waals surface area contributed by atoms with Gasteiger partial charge in [0.15, 0.2) is 0 Å². The van der Waals surface area contributed by atoms with Crippen LogP contribution in [0.25, 0.3) is 0 Å². The van der Waals surface area contributed by atoms with Gasteiger partial charge in [-0.05, 0) is 44.5 Å². The van der Waals surface area contributed by atoms with Crippen molar-refractivity contribution in [2.75, 3.05) is 11.1 Å². The smallest absolute Gasteiger partial charge is 0.248 e. The van der Waals surface area contributed by atoms with Crippen molar-refractivity contribution in [3.8, 4) is 0 Å². The Kier molecular flexibility index (Phi) is 3.55. The number of carbonyl (C=O) groups excluding carboxylic acids is 1. The van der Waals surface area contributed by atoms with Crippen molar-refractivity contribution in [1.29, 1.82) is 0 Å². The molecule has 1 unspecified atom stereocenters. The number of nitrogens with one attached hydrogen (secondary N) is 1. The summed E-state index contributed by atoms with van der Waals surface area (Å²) in [4.78, 5) is 12.2. The summed E-state index contributed by atoms with van der Waals surface area (Å²) in [5, 5.41) is 7.12. The van der Waals surface area contributed by atoms with E-state index < -0.39 is 0 Å². The highest BCUT2D eigenvalue weighted by Gasteiger charge is 2.16. The molecule has 0 saturated heterocycles. The highest BCUT2D eigenvalue weighted by Crippen LogP contribution is 2.19. The van der Waals surface area contributed by atoms with Crippen molar-refractivity contribution < 1.29 is 4.79 Å². The molecule has 0 aliphatic rings. The molecule has 1 atom stereocenters. The lowest BCUT2D eigenvalue weighted by molar-refractivity contribution is -0.119. The molecule has 0 aliphatic heterocycles. The van der Waals surface area contributed by atoms with E-state index in [-0.39, 0.29) is 11.9 Å². The molecular formula is C14H18N4O. The van der Waals surface area contributed by atoms with Crippen molar-refractivity contribution >= 4 is 17.3 Å². The molecule has 100 valence electrons. The number of rotatable bonds is 3. The van der Waals surface area contributed by atoms with Crippen molar-refractivity contribution in [2.45, 2.75) is 26.8 Å². The van der Waals surface area contributed by atoms with E-state index in [4.69, 9.17) is 5.73 Å². The fourth-order valence-corrected chi connectivity index (χ4v) is 1.78. The van der Waals surface area contributed by atoms with Crippen LogP contribution in [-0.2, 0) is 4.79 Å². The molecule has 5 nitrogen and oxygen atoms in total. The molecule has 0 bridgehead atoms. The highest BCUT2D eigenvalue weighted by atomic mass is 16.2. The Hall–Kier alpha value is -2.30. The minimum absolute atomic E-state index is 0.114. The number of nitrogen functional groups attached to an aromatic ring is 1. The topological polar surface area (TPSA) is 72.9 Å². The Balaban J connectivity index is 2.14. The maximum absolute atomic E-state index is 12.2. The number of aryl methyl sites for hydroxylation is 2. The second kappa shape index (κ2) is 5.14. The number of aromatic nitrogens is 2. The van der Waals surface area contributed by atoms with Crippen LogP contribution in [0.2, 0.25) is 0 Å². The van der Waals surface area contributed by atoms with E-state index in [0.29, 0.717) is 5.69 Å². The first-order chi connectivity index (χ1) is 8.97. The predicted molar refractivity (Wildman–Crippen MR) is 75.9 cm³/mol. The molecule has 0 aliphatic carbocycles. The summed E-state index contributed by atoms with van der Waals surface area (Å²) < 4.78 is 1.65.